The lowest BCUT2D eigenvalue weighted by Gasteiger charge is -2.25. The van der Waals surface area contributed by atoms with Crippen molar-refractivity contribution in [1.29, 1.82) is 0 Å². The van der Waals surface area contributed by atoms with Gasteiger partial charge in [-0.2, -0.15) is 0 Å². The van der Waals surface area contributed by atoms with Gasteiger partial charge in [0.1, 0.15) is 0 Å². The molecular formula is C10H15N3O. The molecule has 1 atom stereocenters. The van der Waals surface area contributed by atoms with Crippen molar-refractivity contribution in [2.45, 2.75) is 25.9 Å². The average molecular weight is 193 g/mol. The van der Waals surface area contributed by atoms with Crippen molar-refractivity contribution in [3.05, 3.63) is 11.8 Å². The second-order valence-electron chi connectivity index (χ2n) is 3.83. The molecule has 0 saturated carbocycles. The van der Waals surface area contributed by atoms with Gasteiger partial charge in [0.25, 0.3) is 0 Å². The van der Waals surface area contributed by atoms with E-state index in [0.29, 0.717) is 0 Å². The summed E-state index contributed by atoms with van der Waals surface area (Å²) in [6.07, 6.45) is 4.51. The highest BCUT2D eigenvalue weighted by molar-refractivity contribution is 6.02. The molecular weight excluding hydrogens is 178 g/mol. The van der Waals surface area contributed by atoms with Crippen molar-refractivity contribution in [2.24, 2.45) is 10.1 Å². The van der Waals surface area contributed by atoms with Crippen LogP contribution in [0.4, 0.5) is 0 Å². The molecule has 0 aromatic carbocycles. The van der Waals surface area contributed by atoms with E-state index in [-0.39, 0.29) is 5.60 Å². The molecule has 2 aliphatic rings. The minimum atomic E-state index is -0.291. The predicted octanol–water partition coefficient (Wildman–Crippen LogP) is 1.40. The van der Waals surface area contributed by atoms with Crippen molar-refractivity contribution < 1.29 is 4.84 Å². The largest absolute Gasteiger partial charge is 0.382 e. The molecule has 4 nitrogen and oxygen atoms in total. The highest BCUT2D eigenvalue weighted by Gasteiger charge is 2.41. The molecule has 14 heavy (non-hydrogen) atoms. The third-order valence-corrected chi connectivity index (χ3v) is 2.77. The van der Waals surface area contributed by atoms with E-state index in [1.54, 1.807) is 0 Å². The van der Waals surface area contributed by atoms with E-state index in [2.05, 4.69) is 22.0 Å². The molecule has 0 amide bonds. The normalized spacial score (nSPS) is 29.1. The molecule has 0 aromatic rings. The van der Waals surface area contributed by atoms with Gasteiger partial charge >= 0.3 is 0 Å². The van der Waals surface area contributed by atoms with Crippen molar-refractivity contribution in [3.63, 3.8) is 0 Å². The Bertz CT molecular complexity index is 332. The maximum Gasteiger partial charge on any atom is 0.176 e. The van der Waals surface area contributed by atoms with Gasteiger partial charge in [0.15, 0.2) is 11.4 Å². The summed E-state index contributed by atoms with van der Waals surface area (Å²) in [5, 5.41) is 4.12. The quantitative estimate of drug-likeness (QED) is 0.631. The number of rotatable bonds is 1. The lowest BCUT2D eigenvalue weighted by atomic mass is 9.91. The summed E-state index contributed by atoms with van der Waals surface area (Å²) < 4.78 is 0. The Labute approximate surface area is 83.9 Å². The van der Waals surface area contributed by atoms with Crippen LogP contribution in [0, 0.1) is 0 Å². The van der Waals surface area contributed by atoms with Crippen molar-refractivity contribution in [3.8, 4) is 0 Å². The number of fused-ring (bicyclic) bond motifs is 1. The molecule has 0 fully saturated rings. The molecule has 0 radical (unpaired) electrons. The van der Waals surface area contributed by atoms with E-state index in [0.717, 1.165) is 24.4 Å². The first-order valence-corrected chi connectivity index (χ1v) is 4.87. The molecule has 1 unspecified atom stereocenters. The topological polar surface area (TPSA) is 37.2 Å². The van der Waals surface area contributed by atoms with Crippen LogP contribution in [0.5, 0.6) is 0 Å². The van der Waals surface area contributed by atoms with Crippen LogP contribution >= 0.6 is 0 Å². The van der Waals surface area contributed by atoms with Gasteiger partial charge in [0.05, 0.1) is 5.57 Å². The first kappa shape index (κ1) is 9.24. The van der Waals surface area contributed by atoms with Gasteiger partial charge < -0.3 is 9.74 Å². The zero-order chi connectivity index (χ0) is 10.2. The predicted molar refractivity (Wildman–Crippen MR) is 56.4 cm³/mol. The van der Waals surface area contributed by atoms with Crippen LogP contribution in [0.25, 0.3) is 0 Å². The Morgan fingerprint density at radius 3 is 3.14 bits per heavy atom. The van der Waals surface area contributed by atoms with Gasteiger partial charge in [0, 0.05) is 32.4 Å². The molecule has 0 spiro atoms. The number of nitrogens with zero attached hydrogens (tertiary/aromatic N) is 3. The van der Waals surface area contributed by atoms with Gasteiger partial charge in [-0.3, -0.25) is 4.99 Å². The van der Waals surface area contributed by atoms with Crippen LogP contribution in [0.3, 0.4) is 0 Å². The Morgan fingerprint density at radius 1 is 1.64 bits per heavy atom. The SMILES string of the molecule is CCN(C)C1=NOC2(C)CC=NC=C12. The average Bonchev–Trinajstić information content (AvgIpc) is 2.54. The summed E-state index contributed by atoms with van der Waals surface area (Å²) in [5.74, 6) is 0.909. The van der Waals surface area contributed by atoms with Crippen molar-refractivity contribution >= 4 is 12.1 Å². The summed E-state index contributed by atoms with van der Waals surface area (Å²) in [7, 11) is 2.01. The van der Waals surface area contributed by atoms with E-state index >= 15 is 0 Å². The summed E-state index contributed by atoms with van der Waals surface area (Å²) in [4.78, 5) is 11.7. The molecule has 76 valence electrons. The Hall–Kier alpha value is -1.32. The molecule has 2 heterocycles. The van der Waals surface area contributed by atoms with Gasteiger partial charge in [0.2, 0.25) is 0 Å². The van der Waals surface area contributed by atoms with Crippen LogP contribution in [0.2, 0.25) is 0 Å². The second-order valence-corrected chi connectivity index (χ2v) is 3.83. The Balaban J connectivity index is 2.31. The minimum Gasteiger partial charge on any atom is -0.382 e. The van der Waals surface area contributed by atoms with Crippen LogP contribution < -0.4 is 0 Å². The number of amidine groups is 1. The molecule has 2 rings (SSSR count). The van der Waals surface area contributed by atoms with Gasteiger partial charge in [-0.1, -0.05) is 5.16 Å². The molecule has 0 aliphatic carbocycles. The number of hydrogen-bond donors (Lipinski definition) is 0. The second kappa shape index (κ2) is 3.12. The highest BCUT2D eigenvalue weighted by Crippen LogP contribution is 2.34. The first-order valence-electron chi connectivity index (χ1n) is 4.87. The molecule has 0 bridgehead atoms. The van der Waals surface area contributed by atoms with E-state index in [9.17, 15) is 0 Å². The minimum absolute atomic E-state index is 0.291. The van der Waals surface area contributed by atoms with Crippen LogP contribution in [0.15, 0.2) is 21.9 Å². The van der Waals surface area contributed by atoms with Crippen LogP contribution in [-0.2, 0) is 4.84 Å². The summed E-state index contributed by atoms with van der Waals surface area (Å²) >= 11 is 0. The molecule has 4 heteroatoms. The van der Waals surface area contributed by atoms with E-state index in [4.69, 9.17) is 4.84 Å². The first-order chi connectivity index (χ1) is 6.67. The van der Waals surface area contributed by atoms with Gasteiger partial charge in [-0.05, 0) is 13.8 Å². The van der Waals surface area contributed by atoms with Crippen molar-refractivity contribution in [1.82, 2.24) is 4.90 Å². The van der Waals surface area contributed by atoms with E-state index < -0.39 is 0 Å². The zero-order valence-electron chi connectivity index (χ0n) is 8.82. The maximum absolute atomic E-state index is 5.47. The highest BCUT2D eigenvalue weighted by atomic mass is 16.7. The maximum atomic E-state index is 5.47. The standard InChI is InChI=1S/C10H15N3O/c1-4-13(3)9-8-7-11-6-5-10(8,2)14-12-9/h6-7H,4-5H2,1-3H3. The molecule has 0 saturated heterocycles. The molecule has 2 aliphatic heterocycles. The Morgan fingerprint density at radius 2 is 2.43 bits per heavy atom. The summed E-state index contributed by atoms with van der Waals surface area (Å²) in [5.41, 5.74) is 0.796. The monoisotopic (exact) mass is 193 g/mol. The summed E-state index contributed by atoms with van der Waals surface area (Å²) in [6, 6.07) is 0. The number of likely N-dealkylation sites (N-methyl/N-ethyl adjacent to an activating group) is 1. The number of hydrogen-bond acceptors (Lipinski definition) is 4. The van der Waals surface area contributed by atoms with Crippen LogP contribution in [0.1, 0.15) is 20.3 Å². The fourth-order valence-electron chi connectivity index (χ4n) is 1.60. The molecule has 0 aromatic heterocycles. The fourth-order valence-corrected chi connectivity index (χ4v) is 1.60. The number of aliphatic imine (C=N–C) groups is 1. The molecule has 0 N–H and O–H groups in total. The van der Waals surface area contributed by atoms with Crippen molar-refractivity contribution in [2.75, 3.05) is 13.6 Å². The fraction of sp³-hybridized carbons (Fsp3) is 0.600. The third kappa shape index (κ3) is 1.22. The third-order valence-electron chi connectivity index (χ3n) is 2.77. The lowest BCUT2D eigenvalue weighted by Crippen LogP contribution is -2.35. The summed E-state index contributed by atoms with van der Waals surface area (Å²) in [6.45, 7) is 5.05. The van der Waals surface area contributed by atoms with Gasteiger partial charge in [-0.15, -0.1) is 0 Å². The van der Waals surface area contributed by atoms with E-state index in [1.807, 2.05) is 26.4 Å². The smallest absolute Gasteiger partial charge is 0.176 e. The van der Waals surface area contributed by atoms with E-state index in [1.165, 1.54) is 0 Å². The van der Waals surface area contributed by atoms with Gasteiger partial charge in [-0.25, -0.2) is 0 Å². The zero-order valence-corrected chi connectivity index (χ0v) is 8.82. The number of oxime groups is 1. The Kier molecular flexibility index (Phi) is 2.06. The van der Waals surface area contributed by atoms with Crippen LogP contribution in [-0.4, -0.2) is 36.1 Å². The lowest BCUT2D eigenvalue weighted by molar-refractivity contribution is 0.0252.